The van der Waals surface area contributed by atoms with Gasteiger partial charge in [-0.2, -0.15) is 0 Å². The van der Waals surface area contributed by atoms with Gasteiger partial charge in [-0.25, -0.2) is 0 Å². The van der Waals surface area contributed by atoms with Gasteiger partial charge in [-0.05, 0) is 0 Å². The zero-order chi connectivity index (χ0) is 11.5. The number of nitrogen functional groups attached to an aromatic ring is 1. The molecule has 0 amide bonds. The molecular formula is C13H15IN2. The minimum absolute atomic E-state index is 0.798. The fourth-order valence-corrected chi connectivity index (χ4v) is 4.66. The number of nitrogens with two attached hydrogens (primary N) is 2. The van der Waals surface area contributed by atoms with Gasteiger partial charge in [0.05, 0.1) is 0 Å². The van der Waals surface area contributed by atoms with Crippen LogP contribution in [0.4, 0.5) is 5.69 Å². The molecule has 1 aromatic rings. The second-order valence-corrected chi connectivity index (χ2v) is 8.15. The van der Waals surface area contributed by atoms with E-state index in [0.717, 1.165) is 11.4 Å². The molecule has 0 unspecified atom stereocenters. The van der Waals surface area contributed by atoms with Crippen molar-refractivity contribution in [1.29, 1.82) is 0 Å². The van der Waals surface area contributed by atoms with Crippen LogP contribution in [-0.2, 0) is 0 Å². The Kier molecular flexibility index (Phi) is 3.33. The van der Waals surface area contributed by atoms with E-state index in [1.165, 1.54) is 11.1 Å². The quantitative estimate of drug-likeness (QED) is 0.473. The monoisotopic (exact) mass is 326 g/mol. The molecule has 0 fully saturated rings. The van der Waals surface area contributed by atoms with Gasteiger partial charge in [-0.3, -0.25) is 0 Å². The van der Waals surface area contributed by atoms with Crippen LogP contribution < -0.4 is 11.5 Å². The van der Waals surface area contributed by atoms with E-state index in [1.807, 2.05) is 18.2 Å². The predicted octanol–water partition coefficient (Wildman–Crippen LogP) is 3.12. The van der Waals surface area contributed by atoms with Gasteiger partial charge in [0.25, 0.3) is 0 Å². The first-order valence-electron chi connectivity index (χ1n) is 4.95. The normalized spacial score (nSPS) is 17.7. The van der Waals surface area contributed by atoms with Crippen LogP contribution in [0.2, 0.25) is 0 Å². The van der Waals surface area contributed by atoms with E-state index >= 15 is 0 Å². The van der Waals surface area contributed by atoms with E-state index < -0.39 is 19.8 Å². The molecule has 0 aromatic heterocycles. The van der Waals surface area contributed by atoms with Crippen molar-refractivity contribution >= 4 is 31.1 Å². The molecule has 0 bridgehead atoms. The van der Waals surface area contributed by atoms with Gasteiger partial charge >= 0.3 is 103 Å². The SMILES string of the molecule is CI1C=C(N)C=CC(c2ccc(N)cc2)=C1. The number of benzene rings is 1. The van der Waals surface area contributed by atoms with E-state index in [1.54, 1.807) is 0 Å². The van der Waals surface area contributed by atoms with Crippen molar-refractivity contribution in [3.8, 4) is 0 Å². The second kappa shape index (κ2) is 4.74. The van der Waals surface area contributed by atoms with Crippen molar-refractivity contribution in [2.75, 3.05) is 10.7 Å². The number of rotatable bonds is 1. The molecule has 0 saturated heterocycles. The van der Waals surface area contributed by atoms with Gasteiger partial charge in [-0.1, -0.05) is 0 Å². The third-order valence-electron chi connectivity index (χ3n) is 2.29. The molecular weight excluding hydrogens is 311 g/mol. The zero-order valence-corrected chi connectivity index (χ0v) is 11.3. The Bertz CT molecular complexity index is 469. The molecule has 1 heterocycles. The molecule has 1 aromatic carbocycles. The van der Waals surface area contributed by atoms with Crippen molar-refractivity contribution < 1.29 is 0 Å². The first-order valence-corrected chi connectivity index (χ1v) is 9.60. The maximum absolute atomic E-state index is 5.85. The first-order chi connectivity index (χ1) is 7.65. The molecule has 0 spiro atoms. The van der Waals surface area contributed by atoms with Crippen LogP contribution in [-0.4, -0.2) is 4.93 Å². The first kappa shape index (κ1) is 11.3. The summed E-state index contributed by atoms with van der Waals surface area (Å²) in [7, 11) is 0. The van der Waals surface area contributed by atoms with E-state index in [-0.39, 0.29) is 0 Å². The summed E-state index contributed by atoms with van der Waals surface area (Å²) in [6, 6.07) is 7.97. The Morgan fingerprint density at radius 1 is 0.938 bits per heavy atom. The molecule has 0 radical (unpaired) electrons. The average molecular weight is 326 g/mol. The molecule has 2 nitrogen and oxygen atoms in total. The van der Waals surface area contributed by atoms with E-state index in [9.17, 15) is 0 Å². The molecule has 0 saturated carbocycles. The van der Waals surface area contributed by atoms with Gasteiger partial charge in [0, 0.05) is 0 Å². The number of hydrogen-bond donors (Lipinski definition) is 2. The molecule has 84 valence electrons. The number of alkyl halides is 1. The van der Waals surface area contributed by atoms with Gasteiger partial charge < -0.3 is 0 Å². The summed E-state index contributed by atoms with van der Waals surface area (Å²) >= 11 is -1.15. The van der Waals surface area contributed by atoms with Crippen LogP contribution in [0.3, 0.4) is 0 Å². The van der Waals surface area contributed by atoms with Crippen molar-refractivity contribution in [3.05, 3.63) is 55.8 Å². The summed E-state index contributed by atoms with van der Waals surface area (Å²) < 4.78 is 4.55. The summed E-state index contributed by atoms with van der Waals surface area (Å²) in [6.45, 7) is 0. The maximum atomic E-state index is 5.85. The molecule has 4 N–H and O–H groups in total. The molecule has 0 aliphatic carbocycles. The van der Waals surface area contributed by atoms with Crippen LogP contribution in [0.25, 0.3) is 5.57 Å². The third kappa shape index (κ3) is 2.66. The van der Waals surface area contributed by atoms with Crippen LogP contribution >= 0.6 is 19.8 Å². The Balaban J connectivity index is 2.35. The summed E-state index contributed by atoms with van der Waals surface area (Å²) in [5.41, 5.74) is 15.7. The van der Waals surface area contributed by atoms with Crippen LogP contribution in [0, 0.1) is 0 Å². The molecule has 16 heavy (non-hydrogen) atoms. The Morgan fingerprint density at radius 3 is 2.31 bits per heavy atom. The second-order valence-electron chi connectivity index (χ2n) is 3.69. The standard InChI is InChI=1S/C13H15IN2/c1-14-8-11(4-7-13(16)9-14)10-2-5-12(15)6-3-10/h2-9H,15-16H2,1H3. The van der Waals surface area contributed by atoms with Gasteiger partial charge in [0.1, 0.15) is 0 Å². The van der Waals surface area contributed by atoms with Crippen molar-refractivity contribution in [1.82, 2.24) is 0 Å². The van der Waals surface area contributed by atoms with Crippen LogP contribution in [0.1, 0.15) is 5.56 Å². The fraction of sp³-hybridized carbons (Fsp3) is 0.0769. The van der Waals surface area contributed by atoms with Crippen LogP contribution in [0.15, 0.2) is 50.3 Å². The van der Waals surface area contributed by atoms with E-state index in [4.69, 9.17) is 11.5 Å². The van der Waals surface area contributed by atoms with Crippen molar-refractivity contribution in [2.24, 2.45) is 5.73 Å². The molecule has 0 atom stereocenters. The van der Waals surface area contributed by atoms with Gasteiger partial charge in [-0.15, -0.1) is 0 Å². The third-order valence-corrected chi connectivity index (χ3v) is 5.64. The summed E-state index contributed by atoms with van der Waals surface area (Å²) in [6.07, 6.45) is 4.06. The predicted molar refractivity (Wildman–Crippen MR) is 80.2 cm³/mol. The number of halogens is 1. The molecule has 1 aliphatic rings. The average Bonchev–Trinajstić information content (AvgIpc) is 2.41. The minimum atomic E-state index is -1.15. The Hall–Kier alpha value is -1.23. The van der Waals surface area contributed by atoms with E-state index in [2.05, 4.69) is 31.3 Å². The topological polar surface area (TPSA) is 52.0 Å². The Labute approximate surface area is 103 Å². The Morgan fingerprint density at radius 2 is 1.62 bits per heavy atom. The summed E-state index contributed by atoms with van der Waals surface area (Å²) in [4.78, 5) is 2.28. The molecule has 1 aliphatic heterocycles. The zero-order valence-electron chi connectivity index (χ0n) is 9.15. The van der Waals surface area contributed by atoms with Gasteiger partial charge in [0.15, 0.2) is 0 Å². The summed E-state index contributed by atoms with van der Waals surface area (Å²) in [5.74, 6) is 0. The number of anilines is 1. The fourth-order valence-electron chi connectivity index (χ4n) is 1.51. The van der Waals surface area contributed by atoms with E-state index in [0.29, 0.717) is 0 Å². The van der Waals surface area contributed by atoms with Crippen molar-refractivity contribution in [2.45, 2.75) is 0 Å². The van der Waals surface area contributed by atoms with Crippen molar-refractivity contribution in [3.63, 3.8) is 0 Å². The summed E-state index contributed by atoms with van der Waals surface area (Å²) in [5, 5.41) is 0. The molecule has 2 rings (SSSR count). The number of hydrogen-bond acceptors (Lipinski definition) is 2. The van der Waals surface area contributed by atoms with Crippen LogP contribution in [0.5, 0.6) is 0 Å². The number of allylic oxidation sites excluding steroid dienone is 3. The van der Waals surface area contributed by atoms with Gasteiger partial charge in [0.2, 0.25) is 0 Å². The molecule has 3 heteroatoms.